The Balaban J connectivity index is 2.79. The molecule has 0 spiro atoms. The van der Waals surface area contributed by atoms with Crippen LogP contribution in [0.4, 0.5) is 0 Å². The number of phosphoric ester groups is 1. The largest absolute Gasteiger partial charge is 0.524 e. The number of phosphoric acid groups is 1. The normalized spacial score (nSPS) is 14.2. The highest BCUT2D eigenvalue weighted by atomic mass is 31.2. The van der Waals surface area contributed by atoms with Crippen molar-refractivity contribution in [2.24, 2.45) is 0 Å². The second-order valence-electron chi connectivity index (χ2n) is 14.5. The van der Waals surface area contributed by atoms with Gasteiger partial charge < -0.3 is 9.63 Å². The lowest BCUT2D eigenvalue weighted by atomic mass is 9.64. The lowest BCUT2D eigenvalue weighted by Gasteiger charge is -2.40. The van der Waals surface area contributed by atoms with Crippen molar-refractivity contribution in [2.45, 2.75) is 156 Å². The first-order valence-corrected chi connectivity index (χ1v) is 17.7. The van der Waals surface area contributed by atoms with Crippen LogP contribution in [-0.4, -0.2) is 14.9 Å². The maximum absolute atomic E-state index is 11.9. The summed E-state index contributed by atoms with van der Waals surface area (Å²) in [6, 6.07) is 8.15. The summed E-state index contributed by atoms with van der Waals surface area (Å²) >= 11 is 0. The Bertz CT molecular complexity index is 1210. The zero-order valence-electron chi connectivity index (χ0n) is 28.2. The molecule has 1 atom stereocenters. The molecule has 0 aromatic heterocycles. The van der Waals surface area contributed by atoms with E-state index in [1.165, 1.54) is 56.1 Å². The van der Waals surface area contributed by atoms with Gasteiger partial charge >= 0.3 is 7.82 Å². The van der Waals surface area contributed by atoms with Gasteiger partial charge in [0.15, 0.2) is 0 Å². The molecule has 0 amide bonds. The average Bonchev–Trinajstić information content (AvgIpc) is 2.82. The fourth-order valence-electron chi connectivity index (χ4n) is 6.59. The van der Waals surface area contributed by atoms with Crippen LogP contribution in [0.15, 0.2) is 24.3 Å². The molecular formula is C36H59O5P. The van der Waals surface area contributed by atoms with E-state index in [0.717, 1.165) is 47.9 Å². The third-order valence-corrected chi connectivity index (χ3v) is 9.10. The molecule has 0 saturated heterocycles. The third-order valence-electron chi connectivity index (χ3n) is 8.67. The predicted molar refractivity (Wildman–Crippen MR) is 177 cm³/mol. The quantitative estimate of drug-likeness (QED) is 0.139. The molecule has 0 heterocycles. The van der Waals surface area contributed by atoms with Crippen molar-refractivity contribution < 1.29 is 24.0 Å². The number of aryl methyl sites for hydroxylation is 2. The molecule has 0 bridgehead atoms. The van der Waals surface area contributed by atoms with E-state index < -0.39 is 13.2 Å². The number of rotatable bonds is 15. The number of hydrogen-bond donors (Lipinski definition) is 3. The Morgan fingerprint density at radius 3 is 1.60 bits per heavy atom. The summed E-state index contributed by atoms with van der Waals surface area (Å²) in [6.07, 6.45) is 12.8. The van der Waals surface area contributed by atoms with Gasteiger partial charge in [-0.2, -0.15) is 0 Å². The van der Waals surface area contributed by atoms with E-state index in [2.05, 4.69) is 74.4 Å². The van der Waals surface area contributed by atoms with Gasteiger partial charge in [-0.15, -0.1) is 0 Å². The fourth-order valence-corrected chi connectivity index (χ4v) is 7.00. The van der Waals surface area contributed by atoms with E-state index in [1.54, 1.807) is 0 Å². The van der Waals surface area contributed by atoms with Crippen molar-refractivity contribution >= 4 is 7.82 Å². The highest BCUT2D eigenvalue weighted by Crippen LogP contribution is 2.50. The second kappa shape index (κ2) is 14.8. The first-order valence-electron chi connectivity index (χ1n) is 16.1. The van der Waals surface area contributed by atoms with Crippen LogP contribution in [0, 0.1) is 13.8 Å². The van der Waals surface area contributed by atoms with Crippen molar-refractivity contribution in [3.05, 3.63) is 57.6 Å². The summed E-state index contributed by atoms with van der Waals surface area (Å²) in [5, 5.41) is 11.0. The van der Waals surface area contributed by atoms with Gasteiger partial charge in [0.05, 0.1) is 0 Å². The molecule has 0 radical (unpaired) electrons. The van der Waals surface area contributed by atoms with E-state index in [9.17, 15) is 19.5 Å². The van der Waals surface area contributed by atoms with E-state index in [1.807, 2.05) is 19.1 Å². The Labute approximate surface area is 256 Å². The molecule has 5 nitrogen and oxygen atoms in total. The summed E-state index contributed by atoms with van der Waals surface area (Å²) in [4.78, 5) is 19.4. The van der Waals surface area contributed by atoms with Gasteiger partial charge in [-0.05, 0) is 77.5 Å². The Morgan fingerprint density at radius 2 is 1.12 bits per heavy atom. The smallest absolute Gasteiger partial charge is 0.508 e. The summed E-state index contributed by atoms with van der Waals surface area (Å²) in [5.74, 6) is 0.575. The van der Waals surface area contributed by atoms with Gasteiger partial charge in [0.1, 0.15) is 11.5 Å². The van der Waals surface area contributed by atoms with Crippen LogP contribution in [0.5, 0.6) is 11.5 Å². The summed E-state index contributed by atoms with van der Waals surface area (Å²) in [5.41, 5.74) is 5.24. The van der Waals surface area contributed by atoms with Gasteiger partial charge in [-0.1, -0.05) is 125 Å². The first kappa shape index (κ1) is 36.4. The molecule has 0 aliphatic heterocycles. The molecule has 0 saturated carbocycles. The SMILES string of the molecule is CCCCCCCCCCC(CCC)(c1cc(C(C)(C)C)c(O)cc1C)c1cc(C(C)(C)C)c(OP(=O)(O)O)cc1C. The van der Waals surface area contributed by atoms with Crippen molar-refractivity contribution in [1.29, 1.82) is 0 Å². The lowest BCUT2D eigenvalue weighted by Crippen LogP contribution is -2.31. The van der Waals surface area contributed by atoms with Gasteiger partial charge in [-0.25, -0.2) is 4.57 Å². The molecule has 0 aliphatic rings. The summed E-state index contributed by atoms with van der Waals surface area (Å²) in [7, 11) is -4.73. The average molecular weight is 603 g/mol. The number of aromatic hydroxyl groups is 1. The Hall–Kier alpha value is -1.81. The van der Waals surface area contributed by atoms with Crippen LogP contribution in [0.3, 0.4) is 0 Å². The van der Waals surface area contributed by atoms with Crippen LogP contribution in [-0.2, 0) is 20.8 Å². The number of phenols is 1. The van der Waals surface area contributed by atoms with Crippen molar-refractivity contribution in [1.82, 2.24) is 0 Å². The zero-order chi connectivity index (χ0) is 31.9. The second-order valence-corrected chi connectivity index (χ2v) is 15.7. The minimum atomic E-state index is -4.73. The van der Waals surface area contributed by atoms with Crippen LogP contribution >= 0.6 is 7.82 Å². The number of phenolic OH excluding ortho intramolecular Hbond substituents is 1. The molecule has 0 fully saturated rings. The lowest BCUT2D eigenvalue weighted by molar-refractivity contribution is 0.280. The molecule has 2 aromatic carbocycles. The van der Waals surface area contributed by atoms with Crippen LogP contribution in [0.2, 0.25) is 0 Å². The predicted octanol–water partition coefficient (Wildman–Crippen LogP) is 10.7. The molecule has 238 valence electrons. The van der Waals surface area contributed by atoms with Crippen LogP contribution < -0.4 is 4.52 Å². The van der Waals surface area contributed by atoms with Gasteiger partial charge in [0.2, 0.25) is 0 Å². The molecule has 2 aromatic rings. The zero-order valence-corrected chi connectivity index (χ0v) is 29.1. The fraction of sp³-hybridized carbons (Fsp3) is 0.667. The highest BCUT2D eigenvalue weighted by molar-refractivity contribution is 7.46. The van der Waals surface area contributed by atoms with E-state index in [4.69, 9.17) is 4.52 Å². The number of hydrogen-bond acceptors (Lipinski definition) is 3. The molecular weight excluding hydrogens is 543 g/mol. The monoisotopic (exact) mass is 602 g/mol. The van der Waals surface area contributed by atoms with Gasteiger partial charge in [0, 0.05) is 11.0 Å². The minimum Gasteiger partial charge on any atom is -0.508 e. The summed E-state index contributed by atoms with van der Waals surface area (Å²) in [6.45, 7) is 21.2. The molecule has 3 N–H and O–H groups in total. The van der Waals surface area contributed by atoms with Crippen LogP contribution in [0.25, 0.3) is 0 Å². The Kier molecular flexibility index (Phi) is 12.8. The first-order chi connectivity index (χ1) is 19.4. The topological polar surface area (TPSA) is 87.0 Å². The van der Waals surface area contributed by atoms with Crippen molar-refractivity contribution in [3.8, 4) is 11.5 Å². The minimum absolute atomic E-state index is 0.226. The van der Waals surface area contributed by atoms with E-state index >= 15 is 0 Å². The molecule has 42 heavy (non-hydrogen) atoms. The van der Waals surface area contributed by atoms with Crippen molar-refractivity contribution in [3.63, 3.8) is 0 Å². The number of benzene rings is 2. The van der Waals surface area contributed by atoms with Crippen molar-refractivity contribution in [2.75, 3.05) is 0 Å². The Morgan fingerprint density at radius 1 is 0.643 bits per heavy atom. The molecule has 6 heteroatoms. The van der Waals surface area contributed by atoms with Gasteiger partial charge in [-0.3, -0.25) is 9.79 Å². The third kappa shape index (κ3) is 9.60. The molecule has 1 unspecified atom stereocenters. The van der Waals surface area contributed by atoms with Crippen LogP contribution in [0.1, 0.15) is 159 Å². The standard InChI is InChI=1S/C36H59O5P/c1-11-13-14-15-16-17-18-19-21-36(20-12-2,28-24-30(34(5,6)7)32(37)22-26(28)3)29-25-31(35(8,9)10)33(23-27(29)4)41-42(38,39)40/h22-25,37H,11-21H2,1-10H3,(H2,38,39,40). The van der Waals surface area contributed by atoms with Gasteiger partial charge in [0.25, 0.3) is 0 Å². The maximum atomic E-state index is 11.9. The summed E-state index contributed by atoms with van der Waals surface area (Å²) < 4.78 is 17.2. The highest BCUT2D eigenvalue weighted by Gasteiger charge is 2.39. The van der Waals surface area contributed by atoms with E-state index in [0.29, 0.717) is 5.75 Å². The number of unbranched alkanes of at least 4 members (excludes halogenated alkanes) is 7. The molecule has 2 rings (SSSR count). The molecule has 0 aliphatic carbocycles. The maximum Gasteiger partial charge on any atom is 0.524 e. The van der Waals surface area contributed by atoms with E-state index in [-0.39, 0.29) is 16.6 Å².